The smallest absolute Gasteiger partial charge is 0.243 e. The van der Waals surface area contributed by atoms with Crippen LogP contribution in [0, 0.1) is 12.7 Å². The zero-order valence-electron chi connectivity index (χ0n) is 12.5. The van der Waals surface area contributed by atoms with Crippen LogP contribution in [0.2, 0.25) is 5.02 Å². The molecule has 0 atom stereocenters. The summed E-state index contributed by atoms with van der Waals surface area (Å²) >= 11 is 7.33. The lowest BCUT2D eigenvalue weighted by atomic mass is 9.99. The summed E-state index contributed by atoms with van der Waals surface area (Å²) in [5.41, 5.74) is 1.00. The average Bonchev–Trinajstić information content (AvgIpc) is 2.96. The lowest BCUT2D eigenvalue weighted by Gasteiger charge is -2.30. The molecule has 0 amide bonds. The molecule has 1 fully saturated rings. The van der Waals surface area contributed by atoms with Gasteiger partial charge in [0.25, 0.3) is 0 Å². The molecule has 4 nitrogen and oxygen atoms in total. The van der Waals surface area contributed by atoms with Gasteiger partial charge in [-0.2, -0.15) is 4.31 Å². The molecule has 0 spiro atoms. The van der Waals surface area contributed by atoms with E-state index in [1.54, 1.807) is 11.3 Å². The minimum atomic E-state index is -3.64. The number of sulfonamides is 1. The number of aromatic nitrogens is 1. The summed E-state index contributed by atoms with van der Waals surface area (Å²) in [4.78, 5) is 4.53. The van der Waals surface area contributed by atoms with Crippen molar-refractivity contribution in [2.75, 3.05) is 13.1 Å². The molecule has 124 valence electrons. The van der Waals surface area contributed by atoms with Gasteiger partial charge in [0.15, 0.2) is 0 Å². The lowest BCUT2D eigenvalue weighted by molar-refractivity contribution is 0.319. The van der Waals surface area contributed by atoms with Crippen LogP contribution in [0.15, 0.2) is 28.5 Å². The number of hydrogen-bond acceptors (Lipinski definition) is 4. The van der Waals surface area contributed by atoms with Gasteiger partial charge in [-0.15, -0.1) is 11.3 Å². The van der Waals surface area contributed by atoms with Crippen LogP contribution < -0.4 is 0 Å². The molecule has 2 heterocycles. The van der Waals surface area contributed by atoms with E-state index in [0.29, 0.717) is 19.0 Å². The molecule has 0 aliphatic carbocycles. The fourth-order valence-electron chi connectivity index (χ4n) is 2.69. The van der Waals surface area contributed by atoms with Crippen molar-refractivity contribution < 1.29 is 12.8 Å². The fourth-order valence-corrected chi connectivity index (χ4v) is 5.40. The maximum absolute atomic E-state index is 13.2. The molecule has 0 N–H and O–H groups in total. The highest BCUT2D eigenvalue weighted by Crippen LogP contribution is 2.32. The number of halogens is 2. The number of hydrogen-bond donors (Lipinski definition) is 0. The molecule has 1 aliphatic rings. The molecule has 1 aromatic heterocycles. The number of benzene rings is 1. The van der Waals surface area contributed by atoms with Crippen LogP contribution in [0.3, 0.4) is 0 Å². The summed E-state index contributed by atoms with van der Waals surface area (Å²) in [7, 11) is -3.64. The van der Waals surface area contributed by atoms with Gasteiger partial charge in [0.1, 0.15) is 5.82 Å². The summed E-state index contributed by atoms with van der Waals surface area (Å²) < 4.78 is 39.9. The minimum absolute atomic E-state index is 0.0347. The van der Waals surface area contributed by atoms with Gasteiger partial charge in [-0.3, -0.25) is 0 Å². The number of rotatable bonds is 3. The van der Waals surface area contributed by atoms with Crippen LogP contribution in [-0.2, 0) is 10.0 Å². The van der Waals surface area contributed by atoms with Crippen LogP contribution in [0.1, 0.15) is 29.5 Å². The Morgan fingerprint density at radius 3 is 2.61 bits per heavy atom. The van der Waals surface area contributed by atoms with Crippen molar-refractivity contribution >= 4 is 33.0 Å². The Morgan fingerprint density at radius 1 is 1.35 bits per heavy atom. The van der Waals surface area contributed by atoms with Gasteiger partial charge in [-0.05, 0) is 38.0 Å². The zero-order valence-corrected chi connectivity index (χ0v) is 14.9. The van der Waals surface area contributed by atoms with Gasteiger partial charge >= 0.3 is 0 Å². The molecule has 3 rings (SSSR count). The van der Waals surface area contributed by atoms with E-state index in [-0.39, 0.29) is 9.92 Å². The van der Waals surface area contributed by atoms with Gasteiger partial charge in [0.05, 0.1) is 14.9 Å². The summed E-state index contributed by atoms with van der Waals surface area (Å²) in [6, 6.07) is 3.51. The van der Waals surface area contributed by atoms with Crippen molar-refractivity contribution in [1.82, 2.24) is 9.29 Å². The van der Waals surface area contributed by atoms with Gasteiger partial charge < -0.3 is 0 Å². The van der Waals surface area contributed by atoms with Crippen molar-refractivity contribution in [2.45, 2.75) is 30.6 Å². The second-order valence-electron chi connectivity index (χ2n) is 5.58. The van der Waals surface area contributed by atoms with E-state index >= 15 is 0 Å². The van der Waals surface area contributed by atoms with E-state index in [1.807, 2.05) is 12.3 Å². The Labute approximate surface area is 144 Å². The SMILES string of the molecule is Cc1csc(C2CCN(S(=O)(=O)c3ccc(F)c(Cl)c3)CC2)n1. The third-order valence-electron chi connectivity index (χ3n) is 3.97. The van der Waals surface area contributed by atoms with Crippen LogP contribution in [0.4, 0.5) is 4.39 Å². The number of aryl methyl sites for hydroxylation is 1. The first-order chi connectivity index (χ1) is 10.9. The molecule has 1 saturated heterocycles. The second kappa shape index (κ2) is 6.47. The number of thiazole rings is 1. The molecule has 1 aromatic carbocycles. The van der Waals surface area contributed by atoms with Crippen LogP contribution in [0.25, 0.3) is 0 Å². The summed E-state index contributed by atoms with van der Waals surface area (Å²) in [5.74, 6) is -0.319. The van der Waals surface area contributed by atoms with E-state index in [2.05, 4.69) is 4.98 Å². The molecule has 0 bridgehead atoms. The topological polar surface area (TPSA) is 50.3 Å². The molecule has 8 heteroatoms. The monoisotopic (exact) mass is 374 g/mol. The van der Waals surface area contributed by atoms with Crippen molar-refractivity contribution in [2.24, 2.45) is 0 Å². The zero-order chi connectivity index (χ0) is 16.6. The van der Waals surface area contributed by atoms with Crippen molar-refractivity contribution in [3.8, 4) is 0 Å². The summed E-state index contributed by atoms with van der Waals surface area (Å²) in [6.07, 6.45) is 1.47. The van der Waals surface area contributed by atoms with Crippen molar-refractivity contribution in [3.63, 3.8) is 0 Å². The number of piperidine rings is 1. The molecular formula is C15H16ClFN2O2S2. The highest BCUT2D eigenvalue weighted by molar-refractivity contribution is 7.89. The Hall–Kier alpha value is -1.02. The molecule has 0 radical (unpaired) electrons. The first-order valence-electron chi connectivity index (χ1n) is 7.25. The van der Waals surface area contributed by atoms with E-state index in [0.717, 1.165) is 29.6 Å². The highest BCUT2D eigenvalue weighted by atomic mass is 35.5. The Balaban J connectivity index is 1.74. The van der Waals surface area contributed by atoms with Crippen molar-refractivity contribution in [3.05, 3.63) is 45.1 Å². The lowest BCUT2D eigenvalue weighted by Crippen LogP contribution is -2.37. The van der Waals surface area contributed by atoms with E-state index in [1.165, 1.54) is 16.4 Å². The van der Waals surface area contributed by atoms with Crippen LogP contribution in [0.5, 0.6) is 0 Å². The summed E-state index contributed by atoms with van der Waals surface area (Å²) in [5, 5.41) is 2.91. The van der Waals surface area contributed by atoms with Gasteiger partial charge in [0, 0.05) is 30.1 Å². The van der Waals surface area contributed by atoms with E-state index in [4.69, 9.17) is 11.6 Å². The predicted octanol–water partition coefficient (Wildman–Crippen LogP) is 3.81. The van der Waals surface area contributed by atoms with E-state index < -0.39 is 15.8 Å². The molecule has 2 aromatic rings. The number of nitrogens with zero attached hydrogens (tertiary/aromatic N) is 2. The fraction of sp³-hybridized carbons (Fsp3) is 0.400. The minimum Gasteiger partial charge on any atom is -0.246 e. The first kappa shape index (κ1) is 16.8. The Morgan fingerprint density at radius 2 is 2.04 bits per heavy atom. The van der Waals surface area contributed by atoms with E-state index in [9.17, 15) is 12.8 Å². The Bertz CT molecular complexity index is 815. The quantitative estimate of drug-likeness (QED) is 0.820. The second-order valence-corrected chi connectivity index (χ2v) is 8.82. The third-order valence-corrected chi connectivity index (χ3v) is 7.28. The van der Waals surface area contributed by atoms with Crippen LogP contribution in [-0.4, -0.2) is 30.8 Å². The molecule has 23 heavy (non-hydrogen) atoms. The molecular weight excluding hydrogens is 359 g/mol. The largest absolute Gasteiger partial charge is 0.246 e. The molecule has 0 saturated carbocycles. The molecule has 1 aliphatic heterocycles. The molecule has 0 unspecified atom stereocenters. The normalized spacial score (nSPS) is 17.5. The first-order valence-corrected chi connectivity index (χ1v) is 9.95. The standard InChI is InChI=1S/C15H16ClFN2O2S2/c1-10-9-22-15(18-10)11-4-6-19(7-5-11)23(20,21)12-2-3-14(17)13(16)8-12/h2-3,8-9,11H,4-7H2,1H3. The Kier molecular flexibility index (Phi) is 4.73. The van der Waals surface area contributed by atoms with Crippen LogP contribution >= 0.6 is 22.9 Å². The van der Waals surface area contributed by atoms with Gasteiger partial charge in [-0.25, -0.2) is 17.8 Å². The predicted molar refractivity (Wildman–Crippen MR) is 89.0 cm³/mol. The third kappa shape index (κ3) is 3.42. The highest BCUT2D eigenvalue weighted by Gasteiger charge is 2.31. The van der Waals surface area contributed by atoms with Gasteiger partial charge in [-0.1, -0.05) is 11.6 Å². The maximum atomic E-state index is 13.2. The maximum Gasteiger partial charge on any atom is 0.243 e. The van der Waals surface area contributed by atoms with Crippen molar-refractivity contribution in [1.29, 1.82) is 0 Å². The average molecular weight is 375 g/mol. The summed E-state index contributed by atoms with van der Waals surface area (Å²) in [6.45, 7) is 2.82. The van der Waals surface area contributed by atoms with Gasteiger partial charge in [0.2, 0.25) is 10.0 Å².